The van der Waals surface area contributed by atoms with Crippen molar-refractivity contribution in [3.05, 3.63) is 0 Å². The predicted molar refractivity (Wildman–Crippen MR) is 50.8 cm³/mol. The fourth-order valence-electron chi connectivity index (χ4n) is 0.977. The molecule has 0 aromatic carbocycles. The van der Waals surface area contributed by atoms with Crippen LogP contribution in [0.3, 0.4) is 0 Å². The monoisotopic (exact) mass is 203 g/mol. The van der Waals surface area contributed by atoms with E-state index in [9.17, 15) is 9.59 Å². The highest BCUT2D eigenvalue weighted by atomic mass is 16.4. The van der Waals surface area contributed by atoms with E-state index in [4.69, 9.17) is 10.2 Å². The fraction of sp³-hybridized carbons (Fsp3) is 0.778. The zero-order valence-corrected chi connectivity index (χ0v) is 8.32. The summed E-state index contributed by atoms with van der Waals surface area (Å²) in [6.45, 7) is 1.78. The van der Waals surface area contributed by atoms with Crippen molar-refractivity contribution in [1.82, 2.24) is 5.32 Å². The van der Waals surface area contributed by atoms with Gasteiger partial charge in [-0.1, -0.05) is 6.92 Å². The SMILES string of the molecule is CC[C@@H](CO)NC(=O)CCCC(=O)O. The molecular formula is C9H17NO4. The first kappa shape index (κ1) is 12.9. The smallest absolute Gasteiger partial charge is 0.303 e. The molecule has 0 aromatic heterocycles. The first-order valence-corrected chi connectivity index (χ1v) is 4.72. The van der Waals surface area contributed by atoms with Crippen LogP contribution < -0.4 is 5.32 Å². The van der Waals surface area contributed by atoms with E-state index in [-0.39, 0.29) is 31.4 Å². The van der Waals surface area contributed by atoms with Gasteiger partial charge in [-0.2, -0.15) is 0 Å². The summed E-state index contributed by atoms with van der Waals surface area (Å²) in [6.07, 6.45) is 1.20. The zero-order valence-electron chi connectivity index (χ0n) is 8.32. The first-order chi connectivity index (χ1) is 6.60. The third-order valence-electron chi connectivity index (χ3n) is 1.87. The van der Waals surface area contributed by atoms with E-state index in [1.165, 1.54) is 0 Å². The Morgan fingerprint density at radius 1 is 1.36 bits per heavy atom. The molecule has 0 aromatic rings. The Morgan fingerprint density at radius 3 is 2.43 bits per heavy atom. The second-order valence-corrected chi connectivity index (χ2v) is 3.10. The average Bonchev–Trinajstić information content (AvgIpc) is 2.13. The summed E-state index contributed by atoms with van der Waals surface area (Å²) >= 11 is 0. The number of rotatable bonds is 7. The standard InChI is InChI=1S/C9H17NO4/c1-2-7(6-11)10-8(12)4-3-5-9(13)14/h7,11H,2-6H2,1H3,(H,10,12)(H,13,14)/t7-/m0/s1. The number of carbonyl (C=O) groups excluding carboxylic acids is 1. The molecule has 0 spiro atoms. The van der Waals surface area contributed by atoms with E-state index in [1.807, 2.05) is 6.92 Å². The molecule has 82 valence electrons. The predicted octanol–water partition coefficient (Wildman–Crippen LogP) is 0.128. The van der Waals surface area contributed by atoms with Gasteiger partial charge in [0.05, 0.1) is 12.6 Å². The maximum atomic E-state index is 11.1. The molecule has 3 N–H and O–H groups in total. The number of nitrogens with one attached hydrogen (secondary N) is 1. The second-order valence-electron chi connectivity index (χ2n) is 3.10. The van der Waals surface area contributed by atoms with Gasteiger partial charge in [-0.05, 0) is 12.8 Å². The molecule has 0 aliphatic rings. The summed E-state index contributed by atoms with van der Waals surface area (Å²) in [7, 11) is 0. The van der Waals surface area contributed by atoms with Crippen LogP contribution in [0, 0.1) is 0 Å². The fourth-order valence-corrected chi connectivity index (χ4v) is 0.977. The number of amides is 1. The molecule has 1 atom stereocenters. The second kappa shape index (κ2) is 7.32. The van der Waals surface area contributed by atoms with E-state index in [2.05, 4.69) is 5.32 Å². The molecule has 0 saturated carbocycles. The van der Waals surface area contributed by atoms with E-state index in [0.717, 1.165) is 0 Å². The van der Waals surface area contributed by atoms with E-state index >= 15 is 0 Å². The largest absolute Gasteiger partial charge is 0.481 e. The van der Waals surface area contributed by atoms with Crippen molar-refractivity contribution < 1.29 is 19.8 Å². The summed E-state index contributed by atoms with van der Waals surface area (Å²) in [4.78, 5) is 21.3. The molecule has 0 aliphatic heterocycles. The van der Waals surface area contributed by atoms with E-state index < -0.39 is 5.97 Å². The van der Waals surface area contributed by atoms with Gasteiger partial charge in [0.1, 0.15) is 0 Å². The highest BCUT2D eigenvalue weighted by Crippen LogP contribution is 1.97. The van der Waals surface area contributed by atoms with E-state index in [0.29, 0.717) is 12.8 Å². The number of aliphatic hydroxyl groups excluding tert-OH is 1. The molecular weight excluding hydrogens is 186 g/mol. The normalized spacial score (nSPS) is 12.1. The van der Waals surface area contributed by atoms with Crippen molar-refractivity contribution >= 4 is 11.9 Å². The minimum absolute atomic E-state index is 0.00331. The summed E-state index contributed by atoms with van der Waals surface area (Å²) in [5.74, 6) is -1.10. The van der Waals surface area contributed by atoms with Gasteiger partial charge < -0.3 is 15.5 Å². The molecule has 0 heterocycles. The van der Waals surface area contributed by atoms with Crippen LogP contribution >= 0.6 is 0 Å². The van der Waals surface area contributed by atoms with Crippen molar-refractivity contribution in [3.63, 3.8) is 0 Å². The maximum absolute atomic E-state index is 11.1. The molecule has 0 radical (unpaired) electrons. The van der Waals surface area contributed by atoms with Gasteiger partial charge in [-0.15, -0.1) is 0 Å². The van der Waals surface area contributed by atoms with Crippen LogP contribution in [0.15, 0.2) is 0 Å². The summed E-state index contributed by atoms with van der Waals surface area (Å²) in [5.41, 5.74) is 0. The van der Waals surface area contributed by atoms with Gasteiger partial charge >= 0.3 is 5.97 Å². The molecule has 0 saturated heterocycles. The lowest BCUT2D eigenvalue weighted by Gasteiger charge is -2.13. The molecule has 0 unspecified atom stereocenters. The summed E-state index contributed by atoms with van der Waals surface area (Å²) in [5, 5.41) is 19.7. The molecule has 0 fully saturated rings. The third-order valence-corrected chi connectivity index (χ3v) is 1.87. The van der Waals surface area contributed by atoms with Gasteiger partial charge in [-0.3, -0.25) is 9.59 Å². The van der Waals surface area contributed by atoms with Crippen LogP contribution in [0.25, 0.3) is 0 Å². The molecule has 0 rings (SSSR count). The van der Waals surface area contributed by atoms with Crippen LogP contribution in [0.5, 0.6) is 0 Å². The van der Waals surface area contributed by atoms with Crippen LogP contribution in [0.2, 0.25) is 0 Å². The Kier molecular flexibility index (Phi) is 6.74. The Hall–Kier alpha value is -1.10. The van der Waals surface area contributed by atoms with Crippen molar-refractivity contribution in [2.24, 2.45) is 0 Å². The summed E-state index contributed by atoms with van der Waals surface area (Å²) < 4.78 is 0. The molecule has 1 amide bonds. The topological polar surface area (TPSA) is 86.6 Å². The summed E-state index contributed by atoms with van der Waals surface area (Å²) in [6, 6.07) is -0.215. The van der Waals surface area contributed by atoms with Crippen LogP contribution in [-0.4, -0.2) is 34.7 Å². The van der Waals surface area contributed by atoms with Crippen LogP contribution in [-0.2, 0) is 9.59 Å². The Balaban J connectivity index is 3.59. The number of hydrogen-bond acceptors (Lipinski definition) is 3. The zero-order chi connectivity index (χ0) is 11.0. The Labute approximate surface area is 83.1 Å². The minimum atomic E-state index is -0.896. The highest BCUT2D eigenvalue weighted by Gasteiger charge is 2.09. The quantitative estimate of drug-likeness (QED) is 0.549. The van der Waals surface area contributed by atoms with Gasteiger partial charge in [0, 0.05) is 12.8 Å². The first-order valence-electron chi connectivity index (χ1n) is 4.72. The lowest BCUT2D eigenvalue weighted by Crippen LogP contribution is -2.36. The van der Waals surface area contributed by atoms with Gasteiger partial charge in [-0.25, -0.2) is 0 Å². The van der Waals surface area contributed by atoms with Gasteiger partial charge in [0.25, 0.3) is 0 Å². The highest BCUT2D eigenvalue weighted by molar-refractivity contribution is 5.77. The molecule has 5 nitrogen and oxygen atoms in total. The van der Waals surface area contributed by atoms with Crippen LogP contribution in [0.1, 0.15) is 32.6 Å². The van der Waals surface area contributed by atoms with Gasteiger partial charge in [0.2, 0.25) is 5.91 Å². The minimum Gasteiger partial charge on any atom is -0.481 e. The number of carbonyl (C=O) groups is 2. The number of carboxylic acid groups (broad SMARTS) is 1. The molecule has 14 heavy (non-hydrogen) atoms. The molecule has 0 bridgehead atoms. The average molecular weight is 203 g/mol. The lowest BCUT2D eigenvalue weighted by atomic mass is 10.2. The Morgan fingerprint density at radius 2 is 2.00 bits per heavy atom. The molecule has 0 aliphatic carbocycles. The van der Waals surface area contributed by atoms with Crippen LogP contribution in [0.4, 0.5) is 0 Å². The van der Waals surface area contributed by atoms with E-state index in [1.54, 1.807) is 0 Å². The van der Waals surface area contributed by atoms with Crippen molar-refractivity contribution in [1.29, 1.82) is 0 Å². The molecule has 5 heteroatoms. The number of hydrogen-bond donors (Lipinski definition) is 3. The number of carboxylic acids is 1. The lowest BCUT2D eigenvalue weighted by molar-refractivity contribution is -0.137. The Bertz CT molecular complexity index is 189. The number of aliphatic carboxylic acids is 1. The third kappa shape index (κ3) is 6.42. The van der Waals surface area contributed by atoms with Crippen molar-refractivity contribution in [3.8, 4) is 0 Å². The van der Waals surface area contributed by atoms with Crippen molar-refractivity contribution in [2.45, 2.75) is 38.6 Å². The maximum Gasteiger partial charge on any atom is 0.303 e. The van der Waals surface area contributed by atoms with Gasteiger partial charge in [0.15, 0.2) is 0 Å². The van der Waals surface area contributed by atoms with Crippen molar-refractivity contribution in [2.75, 3.05) is 6.61 Å². The number of aliphatic hydroxyl groups is 1.